The Bertz CT molecular complexity index is 2330. The molecule has 2 aliphatic heterocycles. The van der Waals surface area contributed by atoms with Crippen LogP contribution in [0, 0.1) is 39.8 Å². The van der Waals surface area contributed by atoms with Gasteiger partial charge in [-0.1, -0.05) is 90.7 Å². The molecule has 9 rings (SSSR count). The van der Waals surface area contributed by atoms with E-state index in [2.05, 4.69) is 110 Å². The van der Waals surface area contributed by atoms with Gasteiger partial charge in [-0.15, -0.1) is 47.5 Å². The fourth-order valence-electron chi connectivity index (χ4n) is 6.58. The zero-order valence-corrected chi connectivity index (χ0v) is 30.6. The van der Waals surface area contributed by atoms with Gasteiger partial charge in [-0.25, -0.2) is 0 Å². The van der Waals surface area contributed by atoms with Gasteiger partial charge in [0.15, 0.2) is 0 Å². The summed E-state index contributed by atoms with van der Waals surface area (Å²) in [5, 5.41) is 0. The van der Waals surface area contributed by atoms with Gasteiger partial charge in [-0.2, -0.15) is 0 Å². The number of aryl methyl sites for hydroxylation is 4. The van der Waals surface area contributed by atoms with Crippen LogP contribution < -0.4 is 25.9 Å². The standard InChI is InChI=1S/C23H13BNO2.C21H20N.Ir/c1-3-10-19-16(7-1)24-17-8-2-4-11-20(17)27-23-15(18-9-5-6-14-25-18)12-13-21(26-19)22(23)24;1-14-5-8-18(9-6-14)21-12-20(17(4)13-22-21)19-10-7-15(2)16(3)11-19;/h1-11,13-14H;5-8,10-13H,1-4H3;/q2*-1;. The van der Waals surface area contributed by atoms with Crippen molar-refractivity contribution in [3.05, 3.63) is 162 Å². The SMILES string of the molecule is Cc1c[c-]c(-c2cc(-c3ccc(C)c(C)c3)c(C)cn2)cc1.[Ir].[c-]1cc2c3c(c1-c1ccccn1)Oc1ccccc1B3c1ccccc1O2. The van der Waals surface area contributed by atoms with Crippen molar-refractivity contribution in [1.29, 1.82) is 0 Å². The van der Waals surface area contributed by atoms with Gasteiger partial charge >= 0.3 is 0 Å². The van der Waals surface area contributed by atoms with Gasteiger partial charge in [-0.05, 0) is 89.1 Å². The summed E-state index contributed by atoms with van der Waals surface area (Å²) in [6, 6.07) is 45.8. The van der Waals surface area contributed by atoms with Crippen LogP contribution in [-0.2, 0) is 20.1 Å². The average Bonchev–Trinajstić information content (AvgIpc) is 3.14. The van der Waals surface area contributed by atoms with E-state index < -0.39 is 0 Å². The molecule has 50 heavy (non-hydrogen) atoms. The second-order valence-corrected chi connectivity index (χ2v) is 12.7. The fourth-order valence-corrected chi connectivity index (χ4v) is 6.58. The number of pyridine rings is 2. The number of hydrogen-bond donors (Lipinski definition) is 0. The minimum Gasteiger partial charge on any atom is -0.503 e. The van der Waals surface area contributed by atoms with Crippen molar-refractivity contribution < 1.29 is 29.6 Å². The quantitative estimate of drug-likeness (QED) is 0.132. The number of para-hydroxylation sites is 2. The van der Waals surface area contributed by atoms with Crippen LogP contribution in [0.2, 0.25) is 0 Å². The molecule has 245 valence electrons. The maximum Gasteiger partial charge on any atom is 0.239 e. The van der Waals surface area contributed by atoms with E-state index in [-0.39, 0.29) is 26.8 Å². The molecule has 4 nitrogen and oxygen atoms in total. The molecule has 0 aliphatic carbocycles. The third-order valence-corrected chi connectivity index (χ3v) is 9.35. The summed E-state index contributed by atoms with van der Waals surface area (Å²) in [6.45, 7) is 8.56. The van der Waals surface area contributed by atoms with E-state index in [4.69, 9.17) is 9.47 Å². The first-order valence-corrected chi connectivity index (χ1v) is 16.5. The number of ether oxygens (including phenoxy) is 2. The van der Waals surface area contributed by atoms with Crippen molar-refractivity contribution in [1.82, 2.24) is 9.97 Å². The molecular weight excluding hydrogens is 792 g/mol. The average molecular weight is 825 g/mol. The van der Waals surface area contributed by atoms with Crippen molar-refractivity contribution in [2.45, 2.75) is 27.7 Å². The van der Waals surface area contributed by atoms with E-state index in [1.165, 1.54) is 33.4 Å². The zero-order valence-electron chi connectivity index (χ0n) is 28.2. The summed E-state index contributed by atoms with van der Waals surface area (Å²) in [5.41, 5.74) is 14.6. The second kappa shape index (κ2) is 13.9. The summed E-state index contributed by atoms with van der Waals surface area (Å²) >= 11 is 0. The molecule has 1 radical (unpaired) electrons. The number of hydrogen-bond acceptors (Lipinski definition) is 4. The number of benzene rings is 5. The monoisotopic (exact) mass is 825 g/mol. The smallest absolute Gasteiger partial charge is 0.239 e. The van der Waals surface area contributed by atoms with Gasteiger partial charge in [0.2, 0.25) is 6.71 Å². The Balaban J connectivity index is 0.000000157. The molecular formula is C44H33BIrN2O2-2. The Kier molecular flexibility index (Phi) is 9.24. The van der Waals surface area contributed by atoms with Gasteiger partial charge in [-0.3, -0.25) is 0 Å². The predicted molar refractivity (Wildman–Crippen MR) is 199 cm³/mol. The van der Waals surface area contributed by atoms with Gasteiger partial charge in [0.05, 0.1) is 0 Å². The van der Waals surface area contributed by atoms with E-state index >= 15 is 0 Å². The van der Waals surface area contributed by atoms with E-state index in [0.717, 1.165) is 61.9 Å². The Hall–Kier alpha value is -5.29. The van der Waals surface area contributed by atoms with Gasteiger partial charge in [0, 0.05) is 44.0 Å². The molecule has 0 atom stereocenters. The number of nitrogens with zero attached hydrogens (tertiary/aromatic N) is 2. The zero-order chi connectivity index (χ0) is 33.5. The van der Waals surface area contributed by atoms with Crippen LogP contribution in [0.15, 0.2) is 128 Å². The van der Waals surface area contributed by atoms with Crippen molar-refractivity contribution in [3.63, 3.8) is 0 Å². The summed E-state index contributed by atoms with van der Waals surface area (Å²) < 4.78 is 12.6. The van der Waals surface area contributed by atoms with Crippen molar-refractivity contribution >= 4 is 23.1 Å². The van der Waals surface area contributed by atoms with Crippen molar-refractivity contribution in [2.75, 3.05) is 0 Å². The topological polar surface area (TPSA) is 44.2 Å². The van der Waals surface area contributed by atoms with Crippen LogP contribution in [0.4, 0.5) is 0 Å². The van der Waals surface area contributed by atoms with E-state index in [1.54, 1.807) is 6.20 Å². The van der Waals surface area contributed by atoms with E-state index in [0.29, 0.717) is 0 Å². The Morgan fingerprint density at radius 1 is 0.600 bits per heavy atom. The summed E-state index contributed by atoms with van der Waals surface area (Å²) in [6.07, 6.45) is 3.74. The fraction of sp³-hybridized carbons (Fsp3) is 0.0909. The van der Waals surface area contributed by atoms with Gasteiger partial charge < -0.3 is 19.4 Å². The first-order valence-electron chi connectivity index (χ1n) is 16.5. The Morgan fingerprint density at radius 2 is 1.34 bits per heavy atom. The molecule has 2 aromatic heterocycles. The van der Waals surface area contributed by atoms with E-state index in [1.807, 2.05) is 60.8 Å². The molecule has 0 fully saturated rings. The van der Waals surface area contributed by atoms with Gasteiger partial charge in [0.25, 0.3) is 0 Å². The summed E-state index contributed by atoms with van der Waals surface area (Å²) in [5.74, 6) is 3.33. The first-order chi connectivity index (χ1) is 23.9. The third-order valence-electron chi connectivity index (χ3n) is 9.35. The maximum atomic E-state index is 6.37. The number of aromatic nitrogens is 2. The third kappa shape index (κ3) is 6.17. The van der Waals surface area contributed by atoms with Crippen molar-refractivity contribution in [2.24, 2.45) is 0 Å². The van der Waals surface area contributed by atoms with Crippen LogP contribution in [-0.4, -0.2) is 16.7 Å². The van der Waals surface area contributed by atoms with E-state index in [9.17, 15) is 0 Å². The molecule has 0 N–H and O–H groups in total. The van der Waals surface area contributed by atoms with Crippen LogP contribution in [0.1, 0.15) is 22.3 Å². The minimum atomic E-state index is 0. The molecule has 2 aliphatic rings. The summed E-state index contributed by atoms with van der Waals surface area (Å²) in [4.78, 5) is 9.08. The largest absolute Gasteiger partial charge is 0.503 e. The molecule has 0 saturated carbocycles. The summed E-state index contributed by atoms with van der Waals surface area (Å²) in [7, 11) is 0. The van der Waals surface area contributed by atoms with Crippen LogP contribution in [0.3, 0.4) is 0 Å². The molecule has 7 aromatic rings. The molecule has 0 bridgehead atoms. The number of fused-ring (bicyclic) bond motifs is 4. The normalized spacial score (nSPS) is 11.7. The number of rotatable bonds is 3. The molecule has 6 heteroatoms. The Labute approximate surface area is 307 Å². The van der Waals surface area contributed by atoms with Crippen molar-refractivity contribution in [3.8, 4) is 56.6 Å². The minimum absolute atomic E-state index is 0. The molecule has 0 amide bonds. The van der Waals surface area contributed by atoms with Crippen LogP contribution in [0.25, 0.3) is 33.6 Å². The molecule has 0 unspecified atom stereocenters. The molecule has 5 aromatic carbocycles. The second-order valence-electron chi connectivity index (χ2n) is 12.7. The predicted octanol–water partition coefficient (Wildman–Crippen LogP) is 8.72. The van der Waals surface area contributed by atoms with Gasteiger partial charge in [0.1, 0.15) is 11.5 Å². The molecule has 0 spiro atoms. The Morgan fingerprint density at radius 3 is 2.04 bits per heavy atom. The molecule has 4 heterocycles. The maximum absolute atomic E-state index is 6.37. The first kappa shape index (κ1) is 33.2. The molecule has 0 saturated heterocycles. The van der Waals surface area contributed by atoms with Crippen LogP contribution >= 0.6 is 0 Å². The van der Waals surface area contributed by atoms with Crippen LogP contribution in [0.5, 0.6) is 23.0 Å².